The van der Waals surface area contributed by atoms with Gasteiger partial charge in [-0.25, -0.2) is 0 Å². The molecule has 0 saturated heterocycles. The Morgan fingerprint density at radius 2 is 2.00 bits per heavy atom. The number of ether oxygens (including phenoxy) is 2. The van der Waals surface area contributed by atoms with E-state index in [0.717, 1.165) is 17.1 Å². The summed E-state index contributed by atoms with van der Waals surface area (Å²) in [5.41, 5.74) is 6.40. The molecule has 104 valence electrons. The number of carbonyl (C=O) groups excluding carboxylic acids is 1. The third-order valence-electron chi connectivity index (χ3n) is 3.11. The topological polar surface area (TPSA) is 73.6 Å². The van der Waals surface area contributed by atoms with E-state index >= 15 is 0 Å². The monoisotopic (exact) mass is 264 g/mol. The molecule has 1 aliphatic heterocycles. The van der Waals surface area contributed by atoms with Crippen molar-refractivity contribution in [2.45, 2.75) is 26.4 Å². The largest absolute Gasteiger partial charge is 0.486 e. The zero-order valence-electron chi connectivity index (χ0n) is 11.3. The average Bonchev–Trinajstić information content (AvgIpc) is 2.38. The van der Waals surface area contributed by atoms with E-state index in [1.807, 2.05) is 32.0 Å². The third kappa shape index (κ3) is 3.38. The van der Waals surface area contributed by atoms with Crippen LogP contribution in [0.1, 0.15) is 19.4 Å². The molecule has 3 N–H and O–H groups in total. The lowest BCUT2D eigenvalue weighted by atomic mass is 10.0. The van der Waals surface area contributed by atoms with Crippen LogP contribution in [0.25, 0.3) is 0 Å². The number of fused-ring (bicyclic) bond motifs is 1. The molecule has 1 unspecified atom stereocenters. The molecule has 5 heteroatoms. The van der Waals surface area contributed by atoms with Crippen molar-refractivity contribution in [3.63, 3.8) is 0 Å². The Balaban J connectivity index is 2.01. The van der Waals surface area contributed by atoms with E-state index < -0.39 is 0 Å². The van der Waals surface area contributed by atoms with Crippen molar-refractivity contribution >= 4 is 5.91 Å². The first-order valence-electron chi connectivity index (χ1n) is 6.49. The van der Waals surface area contributed by atoms with Crippen LogP contribution in [0.5, 0.6) is 11.5 Å². The van der Waals surface area contributed by atoms with Gasteiger partial charge in [0.25, 0.3) is 0 Å². The zero-order chi connectivity index (χ0) is 13.8. The molecule has 1 aromatic rings. The molecule has 1 aliphatic rings. The minimum atomic E-state index is -0.326. The van der Waals surface area contributed by atoms with Gasteiger partial charge in [0.05, 0.1) is 6.04 Å². The zero-order valence-corrected chi connectivity index (χ0v) is 11.3. The van der Waals surface area contributed by atoms with Crippen LogP contribution in [0.2, 0.25) is 0 Å². The smallest absolute Gasteiger partial charge is 0.234 e. The van der Waals surface area contributed by atoms with Gasteiger partial charge >= 0.3 is 0 Å². The SMILES string of the molecule is CC(C)C(NCc1ccc2c(c1)OCCO2)C(N)=O. The Kier molecular flexibility index (Phi) is 4.27. The second-order valence-corrected chi connectivity index (χ2v) is 4.98. The van der Waals surface area contributed by atoms with Gasteiger partial charge in [-0.2, -0.15) is 0 Å². The molecule has 2 rings (SSSR count). The van der Waals surface area contributed by atoms with Crippen LogP contribution in [0, 0.1) is 5.92 Å². The molecule has 0 bridgehead atoms. The lowest BCUT2D eigenvalue weighted by molar-refractivity contribution is -0.121. The third-order valence-corrected chi connectivity index (χ3v) is 3.11. The molecular weight excluding hydrogens is 244 g/mol. The average molecular weight is 264 g/mol. The lowest BCUT2D eigenvalue weighted by Gasteiger charge is -2.21. The van der Waals surface area contributed by atoms with Crippen LogP contribution in [0.4, 0.5) is 0 Å². The van der Waals surface area contributed by atoms with Gasteiger partial charge in [0.1, 0.15) is 13.2 Å². The standard InChI is InChI=1S/C14H20N2O3/c1-9(2)13(14(15)17)16-8-10-3-4-11-12(7-10)19-6-5-18-11/h3-4,7,9,13,16H,5-6,8H2,1-2H3,(H2,15,17). The van der Waals surface area contributed by atoms with Gasteiger partial charge in [-0.3, -0.25) is 4.79 Å². The number of hydrogen-bond donors (Lipinski definition) is 2. The molecule has 0 fully saturated rings. The maximum Gasteiger partial charge on any atom is 0.234 e. The van der Waals surface area contributed by atoms with Crippen LogP contribution < -0.4 is 20.5 Å². The Labute approximate surface area is 113 Å². The van der Waals surface area contributed by atoms with Crippen molar-refractivity contribution in [1.29, 1.82) is 0 Å². The fraction of sp³-hybridized carbons (Fsp3) is 0.500. The highest BCUT2D eigenvalue weighted by Crippen LogP contribution is 2.30. The minimum absolute atomic E-state index is 0.162. The predicted octanol–water partition coefficient (Wildman–Crippen LogP) is 1.06. The normalized spacial score (nSPS) is 15.3. The molecule has 1 atom stereocenters. The van der Waals surface area contributed by atoms with Gasteiger partial charge in [0.2, 0.25) is 5.91 Å². The number of rotatable bonds is 5. The summed E-state index contributed by atoms with van der Waals surface area (Å²) >= 11 is 0. The number of carbonyl (C=O) groups is 1. The van der Waals surface area contributed by atoms with Crippen LogP contribution in [-0.2, 0) is 11.3 Å². The fourth-order valence-corrected chi connectivity index (χ4v) is 2.09. The number of amides is 1. The molecule has 0 aromatic heterocycles. The van der Waals surface area contributed by atoms with Crippen LogP contribution in [0.3, 0.4) is 0 Å². The Bertz CT molecular complexity index is 460. The van der Waals surface area contributed by atoms with Gasteiger partial charge in [0, 0.05) is 6.54 Å². The van der Waals surface area contributed by atoms with Crippen LogP contribution in [0.15, 0.2) is 18.2 Å². The van der Waals surface area contributed by atoms with E-state index in [1.165, 1.54) is 0 Å². The number of benzene rings is 1. The molecule has 0 spiro atoms. The fourth-order valence-electron chi connectivity index (χ4n) is 2.09. The van der Waals surface area contributed by atoms with Crippen molar-refractivity contribution in [2.75, 3.05) is 13.2 Å². The number of hydrogen-bond acceptors (Lipinski definition) is 4. The van der Waals surface area contributed by atoms with E-state index in [2.05, 4.69) is 5.32 Å². The van der Waals surface area contributed by atoms with E-state index in [0.29, 0.717) is 19.8 Å². The summed E-state index contributed by atoms with van der Waals surface area (Å²) in [6.07, 6.45) is 0. The predicted molar refractivity (Wildman–Crippen MR) is 72.1 cm³/mol. The summed E-state index contributed by atoms with van der Waals surface area (Å²) in [4.78, 5) is 11.3. The quantitative estimate of drug-likeness (QED) is 0.834. The maximum atomic E-state index is 11.3. The first-order valence-corrected chi connectivity index (χ1v) is 6.49. The summed E-state index contributed by atoms with van der Waals surface area (Å²) < 4.78 is 11.0. The van der Waals surface area contributed by atoms with E-state index in [4.69, 9.17) is 15.2 Å². The van der Waals surface area contributed by atoms with E-state index in [9.17, 15) is 4.79 Å². The summed E-state index contributed by atoms with van der Waals surface area (Å²) in [6.45, 7) is 5.66. The summed E-state index contributed by atoms with van der Waals surface area (Å²) in [5.74, 6) is 1.36. The highest BCUT2D eigenvalue weighted by atomic mass is 16.6. The number of nitrogens with two attached hydrogens (primary N) is 1. The lowest BCUT2D eigenvalue weighted by Crippen LogP contribution is -2.44. The van der Waals surface area contributed by atoms with Crippen LogP contribution in [-0.4, -0.2) is 25.2 Å². The summed E-state index contributed by atoms with van der Waals surface area (Å²) in [7, 11) is 0. The van der Waals surface area contributed by atoms with Gasteiger partial charge < -0.3 is 20.5 Å². The molecule has 1 aromatic carbocycles. The Morgan fingerprint density at radius 3 is 2.63 bits per heavy atom. The highest BCUT2D eigenvalue weighted by Gasteiger charge is 2.19. The maximum absolute atomic E-state index is 11.3. The van der Waals surface area contributed by atoms with Crippen molar-refractivity contribution in [1.82, 2.24) is 5.32 Å². The van der Waals surface area contributed by atoms with Gasteiger partial charge in [-0.15, -0.1) is 0 Å². The highest BCUT2D eigenvalue weighted by molar-refractivity contribution is 5.80. The van der Waals surface area contributed by atoms with Crippen LogP contribution >= 0.6 is 0 Å². The molecular formula is C14H20N2O3. The summed E-state index contributed by atoms with van der Waals surface area (Å²) in [6, 6.07) is 5.45. The van der Waals surface area contributed by atoms with E-state index in [-0.39, 0.29) is 17.9 Å². The van der Waals surface area contributed by atoms with Gasteiger partial charge in [-0.05, 0) is 23.6 Å². The second-order valence-electron chi connectivity index (χ2n) is 4.98. The van der Waals surface area contributed by atoms with E-state index in [1.54, 1.807) is 0 Å². The molecule has 1 amide bonds. The minimum Gasteiger partial charge on any atom is -0.486 e. The first kappa shape index (κ1) is 13.7. The first-order chi connectivity index (χ1) is 9.08. The molecule has 0 radical (unpaired) electrons. The molecule has 0 aliphatic carbocycles. The van der Waals surface area contributed by atoms with Crippen molar-refractivity contribution in [3.8, 4) is 11.5 Å². The number of primary amides is 1. The Morgan fingerprint density at radius 1 is 1.32 bits per heavy atom. The number of nitrogens with one attached hydrogen (secondary N) is 1. The van der Waals surface area contributed by atoms with Crippen molar-refractivity contribution in [3.05, 3.63) is 23.8 Å². The van der Waals surface area contributed by atoms with Gasteiger partial charge in [-0.1, -0.05) is 19.9 Å². The molecule has 5 nitrogen and oxygen atoms in total. The molecule has 19 heavy (non-hydrogen) atoms. The van der Waals surface area contributed by atoms with Gasteiger partial charge in [0.15, 0.2) is 11.5 Å². The Hall–Kier alpha value is -1.75. The molecule has 0 saturated carbocycles. The van der Waals surface area contributed by atoms with Crippen molar-refractivity contribution in [2.24, 2.45) is 11.7 Å². The summed E-state index contributed by atoms with van der Waals surface area (Å²) in [5, 5.41) is 3.17. The molecule has 1 heterocycles. The van der Waals surface area contributed by atoms with Crippen molar-refractivity contribution < 1.29 is 14.3 Å². The second kappa shape index (κ2) is 5.93.